The minimum atomic E-state index is -0.542. The summed E-state index contributed by atoms with van der Waals surface area (Å²) in [5.41, 5.74) is 0.657. The first kappa shape index (κ1) is 11.3. The van der Waals surface area contributed by atoms with Gasteiger partial charge in [0.2, 0.25) is 0 Å². The Morgan fingerprint density at radius 1 is 1.29 bits per heavy atom. The van der Waals surface area contributed by atoms with E-state index in [4.69, 9.17) is 4.74 Å². The number of halogens is 1. The van der Waals surface area contributed by atoms with Gasteiger partial charge in [-0.2, -0.15) is 0 Å². The van der Waals surface area contributed by atoms with Crippen molar-refractivity contribution in [3.05, 3.63) is 35.7 Å². The Kier molecular flexibility index (Phi) is 2.67. The van der Waals surface area contributed by atoms with Gasteiger partial charge in [-0.3, -0.25) is 9.59 Å². The molecule has 5 heteroatoms. The van der Waals surface area contributed by atoms with Crippen molar-refractivity contribution in [1.29, 1.82) is 0 Å². The summed E-state index contributed by atoms with van der Waals surface area (Å²) in [4.78, 5) is 24.3. The van der Waals surface area contributed by atoms with E-state index in [9.17, 15) is 14.0 Å². The molecule has 0 fully saturated rings. The molecule has 0 atom stereocenters. The molecule has 0 aliphatic carbocycles. The Morgan fingerprint density at radius 2 is 2.00 bits per heavy atom. The Morgan fingerprint density at radius 3 is 2.53 bits per heavy atom. The first-order valence-electron chi connectivity index (χ1n) is 4.95. The van der Waals surface area contributed by atoms with Crippen LogP contribution in [0.3, 0.4) is 0 Å². The van der Waals surface area contributed by atoms with E-state index in [0.717, 1.165) is 11.0 Å². The SMILES string of the molecule is COc1cc(N2C(=O)C=C(C)C2=O)ccc1F. The van der Waals surface area contributed by atoms with Crippen molar-refractivity contribution in [3.63, 3.8) is 0 Å². The van der Waals surface area contributed by atoms with E-state index in [1.54, 1.807) is 6.92 Å². The van der Waals surface area contributed by atoms with Gasteiger partial charge in [-0.1, -0.05) is 0 Å². The van der Waals surface area contributed by atoms with Crippen LogP contribution >= 0.6 is 0 Å². The maximum absolute atomic E-state index is 13.2. The second kappa shape index (κ2) is 4.01. The Balaban J connectivity index is 2.42. The van der Waals surface area contributed by atoms with Crippen molar-refractivity contribution in [2.24, 2.45) is 0 Å². The number of carbonyl (C=O) groups is 2. The number of rotatable bonds is 2. The summed E-state index contributed by atoms with van der Waals surface area (Å²) in [6, 6.07) is 3.83. The highest BCUT2D eigenvalue weighted by Gasteiger charge is 2.30. The van der Waals surface area contributed by atoms with Crippen LogP contribution in [0.5, 0.6) is 5.75 Å². The fourth-order valence-corrected chi connectivity index (χ4v) is 1.62. The molecule has 0 spiro atoms. The lowest BCUT2D eigenvalue weighted by molar-refractivity contribution is -0.120. The van der Waals surface area contributed by atoms with Gasteiger partial charge in [0.1, 0.15) is 0 Å². The smallest absolute Gasteiger partial charge is 0.261 e. The molecular weight excluding hydrogens is 225 g/mol. The summed E-state index contributed by atoms with van der Waals surface area (Å²) in [5, 5.41) is 0. The maximum atomic E-state index is 13.2. The van der Waals surface area contributed by atoms with Crippen molar-refractivity contribution in [3.8, 4) is 5.75 Å². The predicted molar refractivity (Wildman–Crippen MR) is 59.2 cm³/mol. The lowest BCUT2D eigenvalue weighted by Crippen LogP contribution is -2.30. The Labute approximate surface area is 97.3 Å². The standard InChI is InChI=1S/C12H10FNO3/c1-7-5-11(15)14(12(7)16)8-3-4-9(13)10(6-8)17-2/h3-6H,1-2H3. The van der Waals surface area contributed by atoms with E-state index in [-0.39, 0.29) is 5.75 Å². The van der Waals surface area contributed by atoms with Gasteiger partial charge in [-0.15, -0.1) is 0 Å². The molecule has 1 aliphatic heterocycles. The van der Waals surface area contributed by atoms with E-state index in [1.165, 1.54) is 25.3 Å². The molecule has 0 saturated carbocycles. The lowest BCUT2D eigenvalue weighted by atomic mass is 10.2. The minimum Gasteiger partial charge on any atom is -0.494 e. The fourth-order valence-electron chi connectivity index (χ4n) is 1.62. The predicted octanol–water partition coefficient (Wildman–Crippen LogP) is 1.65. The van der Waals surface area contributed by atoms with Crippen LogP contribution in [-0.2, 0) is 9.59 Å². The number of hydrogen-bond donors (Lipinski definition) is 0. The quantitative estimate of drug-likeness (QED) is 0.732. The molecule has 2 rings (SSSR count). The molecule has 2 amide bonds. The van der Waals surface area contributed by atoms with Gasteiger partial charge >= 0.3 is 0 Å². The van der Waals surface area contributed by atoms with Gasteiger partial charge in [0.15, 0.2) is 11.6 Å². The third kappa shape index (κ3) is 1.80. The molecule has 0 radical (unpaired) electrons. The second-order valence-corrected chi connectivity index (χ2v) is 3.62. The van der Waals surface area contributed by atoms with Gasteiger partial charge < -0.3 is 4.74 Å². The highest BCUT2D eigenvalue weighted by molar-refractivity contribution is 6.30. The maximum Gasteiger partial charge on any atom is 0.261 e. The second-order valence-electron chi connectivity index (χ2n) is 3.62. The molecule has 0 saturated heterocycles. The van der Waals surface area contributed by atoms with Crippen molar-refractivity contribution in [2.75, 3.05) is 12.0 Å². The number of nitrogens with zero attached hydrogens (tertiary/aromatic N) is 1. The van der Waals surface area contributed by atoms with Crippen LogP contribution in [0.25, 0.3) is 0 Å². The molecule has 0 aromatic heterocycles. The number of hydrogen-bond acceptors (Lipinski definition) is 3. The summed E-state index contributed by atoms with van der Waals surface area (Å²) in [5.74, 6) is -1.38. The topological polar surface area (TPSA) is 46.6 Å². The largest absolute Gasteiger partial charge is 0.494 e. The molecule has 0 N–H and O–H groups in total. The number of carbonyl (C=O) groups excluding carboxylic acids is 2. The molecule has 1 aliphatic rings. The first-order valence-corrected chi connectivity index (χ1v) is 4.95. The third-order valence-electron chi connectivity index (χ3n) is 2.49. The average molecular weight is 235 g/mol. The minimum absolute atomic E-state index is 0.00680. The monoisotopic (exact) mass is 235 g/mol. The summed E-state index contributed by atoms with van der Waals surface area (Å²) >= 11 is 0. The van der Waals surface area contributed by atoms with Gasteiger partial charge in [0, 0.05) is 17.7 Å². The summed E-state index contributed by atoms with van der Waals surface area (Å²) in [6.45, 7) is 1.56. The molecule has 17 heavy (non-hydrogen) atoms. The molecule has 1 aromatic rings. The lowest BCUT2D eigenvalue weighted by Gasteiger charge is -2.15. The number of anilines is 1. The Bertz CT molecular complexity index is 537. The summed E-state index contributed by atoms with van der Waals surface area (Å²) in [7, 11) is 1.32. The van der Waals surface area contributed by atoms with Crippen LogP contribution in [-0.4, -0.2) is 18.9 Å². The molecule has 0 unspecified atom stereocenters. The van der Waals surface area contributed by atoms with Gasteiger partial charge in [-0.05, 0) is 19.1 Å². The molecule has 4 nitrogen and oxygen atoms in total. The van der Waals surface area contributed by atoms with Crippen LogP contribution in [0.15, 0.2) is 29.8 Å². The highest BCUT2D eigenvalue weighted by atomic mass is 19.1. The van der Waals surface area contributed by atoms with Crippen molar-refractivity contribution in [2.45, 2.75) is 6.92 Å². The molecule has 1 aromatic carbocycles. The van der Waals surface area contributed by atoms with E-state index in [1.807, 2.05) is 0 Å². The zero-order chi connectivity index (χ0) is 12.6. The van der Waals surface area contributed by atoms with Crippen molar-refractivity contribution >= 4 is 17.5 Å². The Hall–Kier alpha value is -2.17. The van der Waals surface area contributed by atoms with Crippen molar-refractivity contribution < 1.29 is 18.7 Å². The number of ether oxygens (including phenoxy) is 1. The first-order chi connectivity index (χ1) is 8.04. The molecule has 88 valence electrons. The van der Waals surface area contributed by atoms with E-state index < -0.39 is 17.6 Å². The van der Waals surface area contributed by atoms with Crippen LogP contribution < -0.4 is 9.64 Å². The number of methoxy groups -OCH3 is 1. The summed E-state index contributed by atoms with van der Waals surface area (Å²) < 4.78 is 18.0. The normalized spacial score (nSPS) is 15.2. The average Bonchev–Trinajstić information content (AvgIpc) is 2.55. The van der Waals surface area contributed by atoms with E-state index >= 15 is 0 Å². The van der Waals surface area contributed by atoms with Crippen molar-refractivity contribution in [1.82, 2.24) is 0 Å². The van der Waals surface area contributed by atoms with E-state index in [2.05, 4.69) is 0 Å². The van der Waals surface area contributed by atoms with Gasteiger partial charge in [0.05, 0.1) is 12.8 Å². The van der Waals surface area contributed by atoms with Crippen LogP contribution in [0.4, 0.5) is 10.1 Å². The van der Waals surface area contributed by atoms with Gasteiger partial charge in [0.25, 0.3) is 11.8 Å². The number of benzene rings is 1. The molecular formula is C12H10FNO3. The molecule has 0 bridgehead atoms. The number of amides is 2. The summed E-state index contributed by atoms with van der Waals surface area (Å²) in [6.07, 6.45) is 1.25. The van der Waals surface area contributed by atoms with Crippen LogP contribution in [0.1, 0.15) is 6.92 Å². The van der Waals surface area contributed by atoms with Crippen LogP contribution in [0, 0.1) is 5.82 Å². The number of imide groups is 1. The van der Waals surface area contributed by atoms with Crippen LogP contribution in [0.2, 0.25) is 0 Å². The third-order valence-corrected chi connectivity index (χ3v) is 2.49. The zero-order valence-corrected chi connectivity index (χ0v) is 9.36. The fraction of sp³-hybridized carbons (Fsp3) is 0.167. The van der Waals surface area contributed by atoms with Gasteiger partial charge in [-0.25, -0.2) is 9.29 Å². The molecule has 1 heterocycles. The zero-order valence-electron chi connectivity index (χ0n) is 9.36. The highest BCUT2D eigenvalue weighted by Crippen LogP contribution is 2.27. The van der Waals surface area contributed by atoms with E-state index in [0.29, 0.717) is 11.3 Å².